The van der Waals surface area contributed by atoms with Gasteiger partial charge in [0.1, 0.15) is 11.6 Å². The molecule has 0 radical (unpaired) electrons. The van der Waals surface area contributed by atoms with Crippen LogP contribution in [0.1, 0.15) is 51.9 Å². The molecule has 0 atom stereocenters. The molecule has 112 valence electrons. The van der Waals surface area contributed by atoms with Gasteiger partial charge in [0.25, 0.3) is 0 Å². The molecule has 1 aromatic rings. The van der Waals surface area contributed by atoms with E-state index in [1.807, 2.05) is 0 Å². The standard InChI is InChI=1S/C15H24BFO3/c1-2-3-4-5-6-7-8-11-20-13-9-10-15(17)14(12-13)16(18)19/h9-10,12,18-19H,2-8,11H2,1H3. The summed E-state index contributed by atoms with van der Waals surface area (Å²) in [6.45, 7) is 2.77. The summed E-state index contributed by atoms with van der Waals surface area (Å²) in [4.78, 5) is 0. The van der Waals surface area contributed by atoms with E-state index in [-0.39, 0.29) is 5.46 Å². The van der Waals surface area contributed by atoms with Gasteiger partial charge in [-0.3, -0.25) is 0 Å². The van der Waals surface area contributed by atoms with Gasteiger partial charge in [0.05, 0.1) is 6.61 Å². The zero-order valence-corrected chi connectivity index (χ0v) is 12.1. The van der Waals surface area contributed by atoms with Crippen LogP contribution in [0, 0.1) is 5.82 Å². The molecule has 3 nitrogen and oxygen atoms in total. The minimum Gasteiger partial charge on any atom is -0.494 e. The molecular formula is C15H24BFO3. The van der Waals surface area contributed by atoms with Crippen LogP contribution >= 0.6 is 0 Å². The lowest BCUT2D eigenvalue weighted by atomic mass is 9.80. The molecule has 1 rings (SSSR count). The van der Waals surface area contributed by atoms with Crippen LogP contribution in [0.25, 0.3) is 0 Å². The molecule has 0 spiro atoms. The maximum Gasteiger partial charge on any atom is 0.491 e. The maximum atomic E-state index is 13.2. The molecule has 0 aromatic heterocycles. The van der Waals surface area contributed by atoms with Crippen LogP contribution in [0.2, 0.25) is 0 Å². The predicted molar refractivity (Wildman–Crippen MR) is 79.7 cm³/mol. The molecular weight excluding hydrogens is 258 g/mol. The number of hydrogen-bond acceptors (Lipinski definition) is 3. The van der Waals surface area contributed by atoms with Crippen LogP contribution in [0.5, 0.6) is 5.75 Å². The van der Waals surface area contributed by atoms with Gasteiger partial charge in [-0.15, -0.1) is 0 Å². The lowest BCUT2D eigenvalue weighted by Crippen LogP contribution is -2.32. The van der Waals surface area contributed by atoms with Crippen LogP contribution in [0.4, 0.5) is 4.39 Å². The maximum absolute atomic E-state index is 13.2. The van der Waals surface area contributed by atoms with Gasteiger partial charge in [0.15, 0.2) is 0 Å². The van der Waals surface area contributed by atoms with Crippen molar-refractivity contribution in [3.8, 4) is 5.75 Å². The topological polar surface area (TPSA) is 49.7 Å². The van der Waals surface area contributed by atoms with Crippen LogP contribution in [-0.4, -0.2) is 23.8 Å². The fourth-order valence-electron chi connectivity index (χ4n) is 2.06. The van der Waals surface area contributed by atoms with Gasteiger partial charge in [-0.05, 0) is 24.6 Å². The Hall–Kier alpha value is -1.07. The number of benzene rings is 1. The third-order valence-electron chi connectivity index (χ3n) is 3.26. The Labute approximate surface area is 120 Å². The predicted octanol–water partition coefficient (Wildman–Crippen LogP) is 2.63. The van der Waals surface area contributed by atoms with E-state index in [4.69, 9.17) is 14.8 Å². The normalized spacial score (nSPS) is 10.6. The molecule has 0 heterocycles. The van der Waals surface area contributed by atoms with E-state index in [1.165, 1.54) is 50.3 Å². The second kappa shape index (κ2) is 9.78. The highest BCUT2D eigenvalue weighted by Gasteiger charge is 2.17. The Balaban J connectivity index is 2.20. The Morgan fingerprint density at radius 3 is 2.35 bits per heavy atom. The lowest BCUT2D eigenvalue weighted by molar-refractivity contribution is 0.304. The van der Waals surface area contributed by atoms with Gasteiger partial charge in [0, 0.05) is 5.46 Å². The molecule has 0 aliphatic carbocycles. The fourth-order valence-corrected chi connectivity index (χ4v) is 2.06. The van der Waals surface area contributed by atoms with E-state index in [2.05, 4.69) is 6.92 Å². The summed E-state index contributed by atoms with van der Waals surface area (Å²) in [6, 6.07) is 4.03. The Kier molecular flexibility index (Phi) is 8.31. The molecule has 0 aliphatic heterocycles. The third-order valence-corrected chi connectivity index (χ3v) is 3.26. The minimum absolute atomic E-state index is 0.151. The van der Waals surface area contributed by atoms with E-state index in [0.29, 0.717) is 12.4 Å². The summed E-state index contributed by atoms with van der Waals surface area (Å²) in [6.07, 6.45) is 8.43. The second-order valence-corrected chi connectivity index (χ2v) is 5.03. The van der Waals surface area contributed by atoms with Crippen molar-refractivity contribution in [2.45, 2.75) is 51.9 Å². The number of unbranched alkanes of at least 4 members (excludes halogenated alkanes) is 6. The van der Waals surface area contributed by atoms with Crippen LogP contribution in [0.3, 0.4) is 0 Å². The zero-order valence-electron chi connectivity index (χ0n) is 12.1. The zero-order chi connectivity index (χ0) is 14.8. The first-order chi connectivity index (χ1) is 9.65. The third kappa shape index (κ3) is 6.39. The Morgan fingerprint density at radius 1 is 1.05 bits per heavy atom. The summed E-state index contributed by atoms with van der Waals surface area (Å²) in [5.41, 5.74) is -0.151. The lowest BCUT2D eigenvalue weighted by Gasteiger charge is -2.08. The first kappa shape index (κ1) is 17.0. The fraction of sp³-hybridized carbons (Fsp3) is 0.600. The van der Waals surface area contributed by atoms with Crippen molar-refractivity contribution in [3.05, 3.63) is 24.0 Å². The molecule has 0 aliphatic rings. The molecule has 0 saturated carbocycles. The smallest absolute Gasteiger partial charge is 0.491 e. The Morgan fingerprint density at radius 2 is 1.70 bits per heavy atom. The van der Waals surface area contributed by atoms with Crippen LogP contribution < -0.4 is 10.2 Å². The number of hydrogen-bond donors (Lipinski definition) is 2. The highest BCUT2D eigenvalue weighted by atomic mass is 19.1. The van der Waals surface area contributed by atoms with E-state index < -0.39 is 12.9 Å². The molecule has 20 heavy (non-hydrogen) atoms. The molecule has 2 N–H and O–H groups in total. The van der Waals surface area contributed by atoms with Gasteiger partial charge in [-0.1, -0.05) is 45.4 Å². The van der Waals surface area contributed by atoms with Gasteiger partial charge in [-0.25, -0.2) is 4.39 Å². The van der Waals surface area contributed by atoms with Gasteiger partial charge in [-0.2, -0.15) is 0 Å². The van der Waals surface area contributed by atoms with Crippen LogP contribution in [0.15, 0.2) is 18.2 Å². The number of rotatable bonds is 10. The average Bonchev–Trinajstić information content (AvgIpc) is 2.43. The van der Waals surface area contributed by atoms with Crippen molar-refractivity contribution < 1.29 is 19.2 Å². The van der Waals surface area contributed by atoms with E-state index in [0.717, 1.165) is 12.8 Å². The number of ether oxygens (including phenoxy) is 1. The molecule has 0 unspecified atom stereocenters. The van der Waals surface area contributed by atoms with E-state index >= 15 is 0 Å². The van der Waals surface area contributed by atoms with Crippen molar-refractivity contribution in [1.29, 1.82) is 0 Å². The summed E-state index contributed by atoms with van der Waals surface area (Å²) in [5, 5.41) is 18.0. The summed E-state index contributed by atoms with van der Waals surface area (Å²) in [5.74, 6) is -0.163. The van der Waals surface area contributed by atoms with Crippen molar-refractivity contribution in [3.63, 3.8) is 0 Å². The summed E-state index contributed by atoms with van der Waals surface area (Å²) >= 11 is 0. The van der Waals surface area contributed by atoms with Gasteiger partial charge >= 0.3 is 7.12 Å². The Bertz CT molecular complexity index is 385. The van der Waals surface area contributed by atoms with Crippen molar-refractivity contribution in [2.75, 3.05) is 6.61 Å². The van der Waals surface area contributed by atoms with E-state index in [1.54, 1.807) is 0 Å². The van der Waals surface area contributed by atoms with Gasteiger partial charge in [0.2, 0.25) is 0 Å². The van der Waals surface area contributed by atoms with E-state index in [9.17, 15) is 4.39 Å². The number of halogens is 1. The van der Waals surface area contributed by atoms with Crippen molar-refractivity contribution in [1.82, 2.24) is 0 Å². The molecule has 1 aromatic carbocycles. The molecule has 0 amide bonds. The highest BCUT2D eigenvalue weighted by Crippen LogP contribution is 2.12. The molecule has 0 bridgehead atoms. The summed E-state index contributed by atoms with van der Waals surface area (Å²) in [7, 11) is -1.81. The molecule has 0 saturated heterocycles. The molecule has 5 heteroatoms. The summed E-state index contributed by atoms with van der Waals surface area (Å²) < 4.78 is 18.7. The highest BCUT2D eigenvalue weighted by molar-refractivity contribution is 6.58. The second-order valence-electron chi connectivity index (χ2n) is 5.03. The van der Waals surface area contributed by atoms with Gasteiger partial charge < -0.3 is 14.8 Å². The van der Waals surface area contributed by atoms with Crippen molar-refractivity contribution >= 4 is 12.6 Å². The quantitative estimate of drug-likeness (QED) is 0.512. The largest absolute Gasteiger partial charge is 0.494 e. The first-order valence-electron chi connectivity index (χ1n) is 7.43. The monoisotopic (exact) mass is 282 g/mol. The average molecular weight is 282 g/mol. The molecule has 0 fully saturated rings. The van der Waals surface area contributed by atoms with Crippen LogP contribution in [-0.2, 0) is 0 Å². The SMILES string of the molecule is CCCCCCCCCOc1ccc(F)c(B(O)O)c1. The van der Waals surface area contributed by atoms with Crippen molar-refractivity contribution in [2.24, 2.45) is 0 Å². The minimum atomic E-state index is -1.81. The first-order valence-corrected chi connectivity index (χ1v) is 7.43.